The summed E-state index contributed by atoms with van der Waals surface area (Å²) in [4.78, 5) is 4.13. The van der Waals surface area contributed by atoms with Crippen molar-refractivity contribution in [3.8, 4) is 0 Å². The summed E-state index contributed by atoms with van der Waals surface area (Å²) < 4.78 is 0. The number of hydrogen-bond acceptors (Lipinski definition) is 3. The predicted molar refractivity (Wildman–Crippen MR) is 72.6 cm³/mol. The summed E-state index contributed by atoms with van der Waals surface area (Å²) in [5.74, 6) is 0.371. The van der Waals surface area contributed by atoms with E-state index in [4.69, 9.17) is 0 Å². The third kappa shape index (κ3) is 5.03. The van der Waals surface area contributed by atoms with Gasteiger partial charge in [-0.25, -0.2) is 4.83 Å². The second-order valence-electron chi connectivity index (χ2n) is 3.67. The van der Waals surface area contributed by atoms with Crippen LogP contribution in [0.5, 0.6) is 0 Å². The normalized spacial score (nSPS) is 13.4. The Morgan fingerprint density at radius 1 is 1.31 bits per heavy atom. The molecule has 0 aliphatic rings. The second-order valence-corrected chi connectivity index (χ2v) is 4.53. The van der Waals surface area contributed by atoms with E-state index in [-0.39, 0.29) is 0 Å². The first-order valence-electron chi connectivity index (χ1n) is 5.37. The molecule has 0 saturated heterocycles. The van der Waals surface area contributed by atoms with Gasteiger partial charge in [-0.2, -0.15) is 5.10 Å². The molecule has 1 aromatic rings. The summed E-state index contributed by atoms with van der Waals surface area (Å²) in [6.07, 6.45) is 6.02. The quantitative estimate of drug-likeness (QED) is 0.363. The van der Waals surface area contributed by atoms with Crippen molar-refractivity contribution < 1.29 is 0 Å². The van der Waals surface area contributed by atoms with Gasteiger partial charge in [0, 0.05) is 29.0 Å². The second kappa shape index (κ2) is 7.12. The molecule has 0 aliphatic carbocycles. The lowest BCUT2D eigenvalue weighted by atomic mass is 10.2. The molecule has 86 valence electrons. The molecule has 1 rings (SSSR count). The standard InChI is InChI=1S/C13H18N2S/c1-4-5-12(3)10-14-15-16-13-8-6-11(2)7-9-13/h4-10,12,15H,1-3H3/b5-4?,14-10+. The predicted octanol–water partition coefficient (Wildman–Crippen LogP) is 3.79. The van der Waals surface area contributed by atoms with Crippen molar-refractivity contribution >= 4 is 18.2 Å². The van der Waals surface area contributed by atoms with E-state index in [1.807, 2.05) is 19.2 Å². The molecule has 2 nitrogen and oxygen atoms in total. The highest BCUT2D eigenvalue weighted by Crippen LogP contribution is 2.14. The summed E-state index contributed by atoms with van der Waals surface area (Å²) in [7, 11) is 0. The molecular formula is C13H18N2S. The van der Waals surface area contributed by atoms with E-state index >= 15 is 0 Å². The largest absolute Gasteiger partial charge is 0.247 e. The zero-order valence-corrected chi connectivity index (χ0v) is 10.8. The lowest BCUT2D eigenvalue weighted by Crippen LogP contribution is -1.97. The first-order valence-corrected chi connectivity index (χ1v) is 6.18. The highest BCUT2D eigenvalue weighted by atomic mass is 32.2. The molecule has 1 N–H and O–H groups in total. The number of aryl methyl sites for hydroxylation is 1. The Hall–Kier alpha value is -1.22. The van der Waals surface area contributed by atoms with E-state index in [2.05, 4.69) is 54.1 Å². The van der Waals surface area contributed by atoms with Crippen LogP contribution in [0, 0.1) is 12.8 Å². The summed E-state index contributed by atoms with van der Waals surface area (Å²) in [5, 5.41) is 4.14. The molecule has 0 saturated carbocycles. The van der Waals surface area contributed by atoms with Gasteiger partial charge in [0.15, 0.2) is 0 Å². The van der Waals surface area contributed by atoms with Crippen molar-refractivity contribution in [1.29, 1.82) is 0 Å². The van der Waals surface area contributed by atoms with Gasteiger partial charge in [-0.1, -0.05) is 36.8 Å². The van der Waals surface area contributed by atoms with Crippen LogP contribution in [0.1, 0.15) is 19.4 Å². The smallest absolute Gasteiger partial charge is 0.0318 e. The molecule has 1 unspecified atom stereocenters. The van der Waals surface area contributed by atoms with E-state index in [1.165, 1.54) is 22.4 Å². The average Bonchev–Trinajstić information content (AvgIpc) is 2.27. The first kappa shape index (κ1) is 12.8. The Kier molecular flexibility index (Phi) is 5.72. The maximum atomic E-state index is 4.14. The highest BCUT2D eigenvalue weighted by Gasteiger charge is 1.92. The Morgan fingerprint density at radius 2 is 2.00 bits per heavy atom. The van der Waals surface area contributed by atoms with Gasteiger partial charge in [0.2, 0.25) is 0 Å². The van der Waals surface area contributed by atoms with E-state index in [9.17, 15) is 0 Å². The third-order valence-corrected chi connectivity index (χ3v) is 2.75. The topological polar surface area (TPSA) is 24.4 Å². The fourth-order valence-electron chi connectivity index (χ4n) is 1.19. The minimum atomic E-state index is 0.371. The van der Waals surface area contributed by atoms with E-state index in [0.29, 0.717) is 5.92 Å². The summed E-state index contributed by atoms with van der Waals surface area (Å²) >= 11 is 1.52. The van der Waals surface area contributed by atoms with Gasteiger partial charge in [0.05, 0.1) is 0 Å². The lowest BCUT2D eigenvalue weighted by molar-refractivity contribution is 0.988. The average molecular weight is 234 g/mol. The molecule has 0 radical (unpaired) electrons. The number of allylic oxidation sites excluding steroid dienone is 2. The Labute approximate surface area is 102 Å². The van der Waals surface area contributed by atoms with E-state index in [0.717, 1.165) is 0 Å². The van der Waals surface area contributed by atoms with Crippen LogP contribution in [0.3, 0.4) is 0 Å². The first-order chi connectivity index (χ1) is 7.72. The number of hydrazone groups is 1. The Bertz CT molecular complexity index is 355. The number of benzene rings is 1. The van der Waals surface area contributed by atoms with Crippen molar-refractivity contribution in [2.24, 2.45) is 11.0 Å². The maximum absolute atomic E-state index is 4.14. The third-order valence-electron chi connectivity index (χ3n) is 2.04. The minimum Gasteiger partial charge on any atom is -0.247 e. The Morgan fingerprint density at radius 3 is 2.62 bits per heavy atom. The molecule has 0 amide bonds. The number of nitrogens with zero attached hydrogens (tertiary/aromatic N) is 1. The van der Waals surface area contributed by atoms with Gasteiger partial charge in [-0.15, -0.1) is 0 Å². The van der Waals surface area contributed by atoms with Gasteiger partial charge in [0.1, 0.15) is 0 Å². The van der Waals surface area contributed by atoms with E-state index < -0.39 is 0 Å². The molecule has 0 aliphatic heterocycles. The molecule has 0 aromatic heterocycles. The monoisotopic (exact) mass is 234 g/mol. The van der Waals surface area contributed by atoms with Crippen molar-refractivity contribution in [2.75, 3.05) is 0 Å². The number of rotatable bonds is 5. The minimum absolute atomic E-state index is 0.371. The van der Waals surface area contributed by atoms with Crippen LogP contribution < -0.4 is 4.83 Å². The van der Waals surface area contributed by atoms with Crippen molar-refractivity contribution in [3.63, 3.8) is 0 Å². The molecule has 0 fully saturated rings. The highest BCUT2D eigenvalue weighted by molar-refractivity contribution is 7.97. The van der Waals surface area contributed by atoms with Crippen LogP contribution in [-0.2, 0) is 0 Å². The van der Waals surface area contributed by atoms with Crippen LogP contribution in [0.15, 0.2) is 46.4 Å². The molecule has 0 spiro atoms. The van der Waals surface area contributed by atoms with Gasteiger partial charge in [-0.05, 0) is 26.0 Å². The zero-order valence-electron chi connectivity index (χ0n) is 9.97. The van der Waals surface area contributed by atoms with Crippen LogP contribution in [-0.4, -0.2) is 6.21 Å². The van der Waals surface area contributed by atoms with Crippen molar-refractivity contribution in [1.82, 2.24) is 4.83 Å². The van der Waals surface area contributed by atoms with Gasteiger partial charge >= 0.3 is 0 Å². The SMILES string of the molecule is CC=CC(C)/C=N/NSc1ccc(C)cc1. The number of hydrogen-bond donors (Lipinski definition) is 1. The molecule has 0 bridgehead atoms. The van der Waals surface area contributed by atoms with Crippen LogP contribution in [0.2, 0.25) is 0 Å². The van der Waals surface area contributed by atoms with Crippen LogP contribution in [0.25, 0.3) is 0 Å². The van der Waals surface area contributed by atoms with Crippen molar-refractivity contribution in [2.45, 2.75) is 25.7 Å². The van der Waals surface area contributed by atoms with Crippen LogP contribution >= 0.6 is 11.9 Å². The molecule has 1 atom stereocenters. The molecule has 3 heteroatoms. The molecule has 1 aromatic carbocycles. The summed E-state index contributed by atoms with van der Waals surface area (Å²) in [6, 6.07) is 8.35. The van der Waals surface area contributed by atoms with Gasteiger partial charge < -0.3 is 0 Å². The fourth-order valence-corrected chi connectivity index (χ4v) is 1.68. The molecule has 16 heavy (non-hydrogen) atoms. The zero-order chi connectivity index (χ0) is 11.8. The van der Waals surface area contributed by atoms with Gasteiger partial charge in [0.25, 0.3) is 0 Å². The van der Waals surface area contributed by atoms with E-state index in [1.54, 1.807) is 0 Å². The summed E-state index contributed by atoms with van der Waals surface area (Å²) in [6.45, 7) is 6.19. The molecular weight excluding hydrogens is 216 g/mol. The van der Waals surface area contributed by atoms with Gasteiger partial charge in [-0.3, -0.25) is 0 Å². The van der Waals surface area contributed by atoms with Crippen LogP contribution in [0.4, 0.5) is 0 Å². The fraction of sp³-hybridized carbons (Fsp3) is 0.308. The number of nitrogens with one attached hydrogen (secondary N) is 1. The maximum Gasteiger partial charge on any atom is 0.0318 e. The van der Waals surface area contributed by atoms with Crippen molar-refractivity contribution in [3.05, 3.63) is 42.0 Å². The summed E-state index contributed by atoms with van der Waals surface area (Å²) in [5.41, 5.74) is 1.27. The lowest BCUT2D eigenvalue weighted by Gasteiger charge is -2.01. The molecule has 0 heterocycles. The Balaban J connectivity index is 2.33.